The molecule has 1 aromatic carbocycles. The van der Waals surface area contributed by atoms with Gasteiger partial charge in [0.05, 0.1) is 0 Å². The van der Waals surface area contributed by atoms with Crippen LogP contribution in [-0.2, 0) is 4.79 Å². The van der Waals surface area contributed by atoms with Gasteiger partial charge in [0, 0.05) is 36.9 Å². The van der Waals surface area contributed by atoms with Gasteiger partial charge in [0.25, 0.3) is 5.91 Å². The van der Waals surface area contributed by atoms with Crippen LogP contribution in [0.15, 0.2) is 24.3 Å². The Morgan fingerprint density at radius 3 is 2.70 bits per heavy atom. The summed E-state index contributed by atoms with van der Waals surface area (Å²) in [5.74, 6) is 0.434. The molecule has 2 aliphatic rings. The van der Waals surface area contributed by atoms with Crippen molar-refractivity contribution in [1.82, 2.24) is 5.32 Å². The van der Waals surface area contributed by atoms with Crippen molar-refractivity contribution in [2.45, 2.75) is 44.6 Å². The maximum atomic E-state index is 12.4. The van der Waals surface area contributed by atoms with E-state index in [1.54, 1.807) is 17.0 Å². The fourth-order valence-corrected chi connectivity index (χ4v) is 3.49. The molecule has 5 nitrogen and oxygen atoms in total. The Kier molecular flexibility index (Phi) is 4.96. The zero-order valence-corrected chi connectivity index (χ0v) is 13.3. The number of amides is 2. The highest BCUT2D eigenvalue weighted by molar-refractivity contribution is 5.99. The number of nitrogens with zero attached hydrogens (tertiary/aromatic N) is 1. The van der Waals surface area contributed by atoms with E-state index >= 15 is 0 Å². The molecule has 1 aliphatic heterocycles. The van der Waals surface area contributed by atoms with Crippen LogP contribution in [0.5, 0.6) is 0 Å². The number of aliphatic hydroxyl groups excluding tert-OH is 1. The maximum absolute atomic E-state index is 12.4. The largest absolute Gasteiger partial charge is 0.396 e. The molecule has 23 heavy (non-hydrogen) atoms. The normalized spacial score (nSPS) is 24.7. The third kappa shape index (κ3) is 3.72. The van der Waals surface area contributed by atoms with Crippen LogP contribution in [-0.4, -0.2) is 36.1 Å². The molecule has 0 aromatic heterocycles. The second-order valence-electron chi connectivity index (χ2n) is 6.57. The van der Waals surface area contributed by atoms with Gasteiger partial charge in [-0.25, -0.2) is 0 Å². The van der Waals surface area contributed by atoms with Gasteiger partial charge in [0.1, 0.15) is 0 Å². The monoisotopic (exact) mass is 316 g/mol. The molecule has 0 atom stereocenters. The molecular formula is C18H24N2O3. The van der Waals surface area contributed by atoms with Crippen molar-refractivity contribution >= 4 is 17.5 Å². The van der Waals surface area contributed by atoms with Crippen LogP contribution in [0.25, 0.3) is 0 Å². The molecule has 2 N–H and O–H groups in total. The van der Waals surface area contributed by atoms with Crippen molar-refractivity contribution < 1.29 is 14.7 Å². The Morgan fingerprint density at radius 2 is 2.04 bits per heavy atom. The van der Waals surface area contributed by atoms with Crippen LogP contribution in [0.1, 0.15) is 48.9 Å². The van der Waals surface area contributed by atoms with E-state index in [9.17, 15) is 14.7 Å². The summed E-state index contributed by atoms with van der Waals surface area (Å²) in [5.41, 5.74) is 1.41. The van der Waals surface area contributed by atoms with Crippen molar-refractivity contribution in [1.29, 1.82) is 0 Å². The van der Waals surface area contributed by atoms with E-state index < -0.39 is 0 Å². The van der Waals surface area contributed by atoms with Crippen molar-refractivity contribution in [2.75, 3.05) is 18.1 Å². The lowest BCUT2D eigenvalue weighted by atomic mass is 9.86. The van der Waals surface area contributed by atoms with E-state index in [2.05, 4.69) is 5.32 Å². The SMILES string of the molecule is O=C(NC1CCC(CO)CC1)c1cccc(N2CCCC2=O)c1. The average Bonchev–Trinajstić information content (AvgIpc) is 3.02. The molecule has 0 bridgehead atoms. The summed E-state index contributed by atoms with van der Waals surface area (Å²) >= 11 is 0. The number of benzene rings is 1. The lowest BCUT2D eigenvalue weighted by Gasteiger charge is -2.28. The molecule has 2 amide bonds. The fourth-order valence-electron chi connectivity index (χ4n) is 3.49. The van der Waals surface area contributed by atoms with Crippen molar-refractivity contribution in [2.24, 2.45) is 5.92 Å². The highest BCUT2D eigenvalue weighted by Crippen LogP contribution is 2.25. The van der Waals surface area contributed by atoms with Crippen LogP contribution in [0.4, 0.5) is 5.69 Å². The molecule has 2 fully saturated rings. The number of carbonyl (C=O) groups excluding carboxylic acids is 2. The predicted octanol–water partition coefficient (Wildman–Crippen LogP) is 2.09. The summed E-state index contributed by atoms with van der Waals surface area (Å²) in [5, 5.41) is 12.3. The van der Waals surface area contributed by atoms with Gasteiger partial charge in [-0.2, -0.15) is 0 Å². The van der Waals surface area contributed by atoms with Crippen LogP contribution in [0, 0.1) is 5.92 Å². The first-order chi connectivity index (χ1) is 11.2. The lowest BCUT2D eigenvalue weighted by molar-refractivity contribution is -0.117. The number of hydrogen-bond acceptors (Lipinski definition) is 3. The molecule has 1 heterocycles. The van der Waals surface area contributed by atoms with Gasteiger partial charge in [0.2, 0.25) is 5.91 Å². The highest BCUT2D eigenvalue weighted by atomic mass is 16.3. The Hall–Kier alpha value is -1.88. The number of anilines is 1. The highest BCUT2D eigenvalue weighted by Gasteiger charge is 2.24. The van der Waals surface area contributed by atoms with Crippen LogP contribution in [0.2, 0.25) is 0 Å². The molecule has 1 saturated heterocycles. The van der Waals surface area contributed by atoms with Gasteiger partial charge in [-0.3, -0.25) is 9.59 Å². The van der Waals surface area contributed by atoms with Crippen molar-refractivity contribution in [3.63, 3.8) is 0 Å². The van der Waals surface area contributed by atoms with Crippen molar-refractivity contribution in [3.05, 3.63) is 29.8 Å². The van der Waals surface area contributed by atoms with Gasteiger partial charge < -0.3 is 15.3 Å². The van der Waals surface area contributed by atoms with Gasteiger partial charge in [-0.1, -0.05) is 6.07 Å². The molecule has 3 rings (SSSR count). The van der Waals surface area contributed by atoms with Crippen LogP contribution < -0.4 is 10.2 Å². The second-order valence-corrected chi connectivity index (χ2v) is 6.57. The smallest absolute Gasteiger partial charge is 0.251 e. The minimum atomic E-state index is -0.0778. The van der Waals surface area contributed by atoms with Gasteiger partial charge in [0.15, 0.2) is 0 Å². The van der Waals surface area contributed by atoms with Gasteiger partial charge >= 0.3 is 0 Å². The van der Waals surface area contributed by atoms with E-state index in [0.717, 1.165) is 44.3 Å². The van der Waals surface area contributed by atoms with E-state index in [4.69, 9.17) is 0 Å². The molecule has 1 aromatic rings. The average molecular weight is 316 g/mol. The summed E-state index contributed by atoms with van der Waals surface area (Å²) in [6.07, 6.45) is 5.23. The third-order valence-corrected chi connectivity index (χ3v) is 4.93. The second kappa shape index (κ2) is 7.13. The number of hydrogen-bond donors (Lipinski definition) is 2. The van der Waals surface area contributed by atoms with E-state index in [1.165, 1.54) is 0 Å². The molecule has 0 radical (unpaired) electrons. The minimum Gasteiger partial charge on any atom is -0.396 e. The summed E-state index contributed by atoms with van der Waals surface area (Å²) in [7, 11) is 0. The summed E-state index contributed by atoms with van der Waals surface area (Å²) in [6.45, 7) is 0.974. The Bertz CT molecular complexity index is 579. The lowest BCUT2D eigenvalue weighted by Crippen LogP contribution is -2.38. The third-order valence-electron chi connectivity index (χ3n) is 4.93. The zero-order chi connectivity index (χ0) is 16.2. The first-order valence-electron chi connectivity index (χ1n) is 8.49. The molecular weight excluding hydrogens is 292 g/mol. The molecule has 5 heteroatoms. The first kappa shape index (κ1) is 16.0. The summed E-state index contributed by atoms with van der Waals surface area (Å²) in [4.78, 5) is 26.0. The molecule has 0 spiro atoms. The quantitative estimate of drug-likeness (QED) is 0.893. The summed E-state index contributed by atoms with van der Waals surface area (Å²) < 4.78 is 0. The Morgan fingerprint density at radius 1 is 1.26 bits per heavy atom. The van der Waals surface area contributed by atoms with Gasteiger partial charge in [-0.05, 0) is 56.2 Å². The Balaban J connectivity index is 1.62. The fraction of sp³-hybridized carbons (Fsp3) is 0.556. The van der Waals surface area contributed by atoms with Crippen LogP contribution >= 0.6 is 0 Å². The number of rotatable bonds is 4. The predicted molar refractivity (Wildman–Crippen MR) is 88.3 cm³/mol. The standard InChI is InChI=1S/C18H24N2O3/c21-12-13-6-8-15(9-7-13)19-18(23)14-3-1-4-16(11-14)20-10-2-5-17(20)22/h1,3-4,11,13,15,21H,2,5-10,12H2,(H,19,23). The van der Waals surface area contributed by atoms with E-state index in [-0.39, 0.29) is 24.5 Å². The summed E-state index contributed by atoms with van der Waals surface area (Å²) in [6, 6.07) is 7.49. The van der Waals surface area contributed by atoms with Crippen LogP contribution in [0.3, 0.4) is 0 Å². The maximum Gasteiger partial charge on any atom is 0.251 e. The topological polar surface area (TPSA) is 69.6 Å². The number of carbonyl (C=O) groups is 2. The zero-order valence-electron chi connectivity index (χ0n) is 13.3. The number of aliphatic hydroxyl groups is 1. The van der Waals surface area contributed by atoms with Crippen molar-refractivity contribution in [3.8, 4) is 0 Å². The minimum absolute atomic E-state index is 0.0778. The van der Waals surface area contributed by atoms with E-state index in [1.807, 2.05) is 12.1 Å². The first-order valence-corrected chi connectivity index (χ1v) is 8.49. The van der Waals surface area contributed by atoms with E-state index in [0.29, 0.717) is 17.9 Å². The Labute approximate surface area is 136 Å². The molecule has 1 aliphatic carbocycles. The molecule has 0 unspecified atom stereocenters. The molecule has 124 valence electrons. The number of nitrogens with one attached hydrogen (secondary N) is 1. The van der Waals surface area contributed by atoms with Gasteiger partial charge in [-0.15, -0.1) is 0 Å². The molecule has 1 saturated carbocycles.